The number of hydrogen-bond donors (Lipinski definition) is 0. The summed E-state index contributed by atoms with van der Waals surface area (Å²) in [4.78, 5) is 2.55. The third-order valence-electron chi connectivity index (χ3n) is 13.0. The van der Waals surface area contributed by atoms with Gasteiger partial charge in [-0.25, -0.2) is 0 Å². The number of anilines is 3. The van der Waals surface area contributed by atoms with Crippen molar-refractivity contribution in [3.63, 3.8) is 0 Å². The number of aryl methyl sites for hydroxylation is 1. The van der Waals surface area contributed by atoms with Gasteiger partial charge in [0.1, 0.15) is 0 Å². The summed E-state index contributed by atoms with van der Waals surface area (Å²) in [6.45, 7) is 0. The molecular weight excluding hydrogens is 701 g/mol. The summed E-state index contributed by atoms with van der Waals surface area (Å²) in [6.07, 6.45) is 7.20. The van der Waals surface area contributed by atoms with E-state index in [2.05, 4.69) is 191 Å². The van der Waals surface area contributed by atoms with Crippen LogP contribution in [0.25, 0.3) is 71.3 Å². The molecule has 0 spiro atoms. The highest BCUT2D eigenvalue weighted by atomic mass is 15.1. The molecule has 0 amide bonds. The quantitative estimate of drug-likeness (QED) is 0.154. The molecule has 0 aliphatic heterocycles. The van der Waals surface area contributed by atoms with Crippen LogP contribution in [0.15, 0.2) is 182 Å². The van der Waals surface area contributed by atoms with Crippen LogP contribution in [-0.4, -0.2) is 4.57 Å². The molecule has 2 heteroatoms. The predicted octanol–water partition coefficient (Wildman–Crippen LogP) is 14.9. The largest absolute Gasteiger partial charge is 0.310 e. The van der Waals surface area contributed by atoms with Gasteiger partial charge in [-0.3, -0.25) is 0 Å². The Bertz CT molecular complexity index is 3210. The molecule has 2 aliphatic rings. The van der Waals surface area contributed by atoms with Crippen molar-refractivity contribution in [2.45, 2.75) is 38.5 Å². The number of aromatic nitrogens is 1. The van der Waals surface area contributed by atoms with Crippen LogP contribution in [0.3, 0.4) is 0 Å². The first kappa shape index (κ1) is 33.3. The van der Waals surface area contributed by atoms with Gasteiger partial charge in [0.15, 0.2) is 0 Å². The second-order valence-electron chi connectivity index (χ2n) is 16.2. The molecule has 1 heterocycles. The Hall–Kier alpha value is -6.90. The first-order chi connectivity index (χ1) is 28.8. The zero-order chi connectivity index (χ0) is 38.2. The molecular formula is C56H42N2. The van der Waals surface area contributed by atoms with E-state index < -0.39 is 0 Å². The van der Waals surface area contributed by atoms with E-state index in [0.717, 1.165) is 17.8 Å². The molecule has 9 aromatic carbocycles. The molecule has 2 nitrogen and oxygen atoms in total. The summed E-state index contributed by atoms with van der Waals surface area (Å²) in [5.74, 6) is 0. The van der Waals surface area contributed by atoms with Crippen molar-refractivity contribution in [3.05, 3.63) is 204 Å². The van der Waals surface area contributed by atoms with Gasteiger partial charge >= 0.3 is 0 Å². The summed E-state index contributed by atoms with van der Waals surface area (Å²) in [5.41, 5.74) is 18.7. The van der Waals surface area contributed by atoms with E-state index in [1.165, 1.54) is 109 Å². The smallest absolute Gasteiger partial charge is 0.0562 e. The minimum absolute atomic E-state index is 1.13. The van der Waals surface area contributed by atoms with Crippen molar-refractivity contribution >= 4 is 60.4 Å². The Labute approximate surface area is 339 Å². The van der Waals surface area contributed by atoms with Crippen LogP contribution in [0.4, 0.5) is 17.1 Å². The van der Waals surface area contributed by atoms with E-state index in [1.807, 2.05) is 0 Å². The van der Waals surface area contributed by atoms with Gasteiger partial charge < -0.3 is 9.47 Å². The zero-order valence-corrected chi connectivity index (χ0v) is 32.5. The fourth-order valence-electron chi connectivity index (χ4n) is 10.4. The highest BCUT2D eigenvalue weighted by Crippen LogP contribution is 2.49. The molecule has 12 rings (SSSR count). The Kier molecular flexibility index (Phi) is 7.66. The van der Waals surface area contributed by atoms with Crippen molar-refractivity contribution in [2.24, 2.45) is 0 Å². The Morgan fingerprint density at radius 3 is 1.86 bits per heavy atom. The van der Waals surface area contributed by atoms with Crippen molar-refractivity contribution < 1.29 is 0 Å². The molecule has 0 radical (unpaired) electrons. The van der Waals surface area contributed by atoms with Gasteiger partial charge in [0, 0.05) is 33.4 Å². The topological polar surface area (TPSA) is 8.17 Å². The Morgan fingerprint density at radius 1 is 0.379 bits per heavy atom. The number of fused-ring (bicyclic) bond motifs is 9. The van der Waals surface area contributed by atoms with E-state index >= 15 is 0 Å². The summed E-state index contributed by atoms with van der Waals surface area (Å²) in [5, 5.41) is 7.61. The summed E-state index contributed by atoms with van der Waals surface area (Å²) in [7, 11) is 0. The lowest BCUT2D eigenvalue weighted by molar-refractivity contribution is 0.888. The molecule has 10 aromatic rings. The van der Waals surface area contributed by atoms with Crippen molar-refractivity contribution in [3.8, 4) is 27.9 Å². The minimum atomic E-state index is 1.13. The maximum Gasteiger partial charge on any atom is 0.0562 e. The maximum atomic E-state index is 2.60. The number of nitrogens with zero attached hydrogens (tertiary/aromatic N) is 2. The van der Waals surface area contributed by atoms with Crippen LogP contribution in [-0.2, 0) is 25.7 Å². The van der Waals surface area contributed by atoms with E-state index in [0.29, 0.717) is 0 Å². The summed E-state index contributed by atoms with van der Waals surface area (Å²) in [6, 6.07) is 67.8. The lowest BCUT2D eigenvalue weighted by Crippen LogP contribution is -2.12. The molecule has 0 unspecified atom stereocenters. The Morgan fingerprint density at radius 2 is 1.02 bits per heavy atom. The van der Waals surface area contributed by atoms with Gasteiger partial charge in [-0.05, 0) is 154 Å². The summed E-state index contributed by atoms with van der Waals surface area (Å²) >= 11 is 0. The zero-order valence-electron chi connectivity index (χ0n) is 32.5. The number of hydrogen-bond acceptors (Lipinski definition) is 1. The van der Waals surface area contributed by atoms with Gasteiger partial charge in [0.05, 0.1) is 16.7 Å². The fourth-order valence-corrected chi connectivity index (χ4v) is 10.4. The molecule has 0 saturated heterocycles. The van der Waals surface area contributed by atoms with E-state index in [1.54, 1.807) is 22.3 Å². The minimum Gasteiger partial charge on any atom is -0.310 e. The molecule has 276 valence electrons. The van der Waals surface area contributed by atoms with E-state index in [-0.39, 0.29) is 0 Å². The third-order valence-corrected chi connectivity index (χ3v) is 13.0. The maximum absolute atomic E-state index is 2.60. The van der Waals surface area contributed by atoms with Crippen LogP contribution in [0, 0.1) is 0 Å². The van der Waals surface area contributed by atoms with Gasteiger partial charge in [-0.1, -0.05) is 127 Å². The number of benzene rings is 9. The molecule has 0 atom stereocenters. The molecule has 1 aromatic heterocycles. The van der Waals surface area contributed by atoms with Crippen LogP contribution < -0.4 is 4.90 Å². The van der Waals surface area contributed by atoms with Crippen LogP contribution in [0.1, 0.15) is 35.1 Å². The highest BCUT2D eigenvalue weighted by molar-refractivity contribution is 6.14. The lowest BCUT2D eigenvalue weighted by Gasteiger charge is -2.30. The molecule has 0 N–H and O–H groups in total. The van der Waals surface area contributed by atoms with Crippen molar-refractivity contribution in [1.29, 1.82) is 0 Å². The normalized spacial score (nSPS) is 13.4. The van der Waals surface area contributed by atoms with E-state index in [4.69, 9.17) is 0 Å². The third kappa shape index (κ3) is 5.25. The SMILES string of the molecule is c1ccc(-c2ccc(N(c3ccc4ccc5ccccc5c4c3)c3cc4c(cc3-c3cc5c(c6c3CCC6)CCC5)c3ccccc3n4-c3ccccc3)cc2)cc1. The summed E-state index contributed by atoms with van der Waals surface area (Å²) < 4.78 is 2.47. The van der Waals surface area contributed by atoms with E-state index in [9.17, 15) is 0 Å². The Balaban J connectivity index is 1.20. The second-order valence-corrected chi connectivity index (χ2v) is 16.2. The molecule has 0 bridgehead atoms. The van der Waals surface area contributed by atoms with Gasteiger partial charge in [0.2, 0.25) is 0 Å². The van der Waals surface area contributed by atoms with Crippen LogP contribution >= 0.6 is 0 Å². The molecule has 0 fully saturated rings. The first-order valence-electron chi connectivity index (χ1n) is 20.9. The predicted molar refractivity (Wildman–Crippen MR) is 245 cm³/mol. The van der Waals surface area contributed by atoms with Crippen molar-refractivity contribution in [2.75, 3.05) is 4.90 Å². The van der Waals surface area contributed by atoms with Gasteiger partial charge in [0.25, 0.3) is 0 Å². The average Bonchev–Trinajstić information content (AvgIpc) is 4.05. The molecule has 0 saturated carbocycles. The monoisotopic (exact) mass is 742 g/mol. The van der Waals surface area contributed by atoms with Crippen LogP contribution in [0.2, 0.25) is 0 Å². The fraction of sp³-hybridized carbons (Fsp3) is 0.107. The van der Waals surface area contributed by atoms with Crippen molar-refractivity contribution in [1.82, 2.24) is 4.57 Å². The highest BCUT2D eigenvalue weighted by Gasteiger charge is 2.29. The number of rotatable bonds is 6. The van der Waals surface area contributed by atoms with Gasteiger partial charge in [-0.15, -0.1) is 0 Å². The van der Waals surface area contributed by atoms with Gasteiger partial charge in [-0.2, -0.15) is 0 Å². The van der Waals surface area contributed by atoms with Crippen LogP contribution in [0.5, 0.6) is 0 Å². The second kappa shape index (κ2) is 13.4. The standard InChI is InChI=1S/C56H42N2/c1-3-13-37(14-4-1)38-27-30-43(31-28-38)57(44-32-29-40-26-25-39-15-7-8-19-45(39)50(40)34-44)55-36-56-52(49-20-9-10-24-54(49)58(56)42-17-5-2-6-18-42)35-53(55)51-33-41-16-11-21-46(41)47-22-12-23-48(47)51/h1-10,13-15,17-20,24-36H,11-12,16,21-23H2. The molecule has 2 aliphatic carbocycles. The number of para-hydroxylation sites is 2. The first-order valence-corrected chi connectivity index (χ1v) is 20.9. The molecule has 58 heavy (non-hydrogen) atoms. The lowest BCUT2D eigenvalue weighted by atomic mass is 9.89. The average molecular weight is 743 g/mol.